The summed E-state index contributed by atoms with van der Waals surface area (Å²) >= 11 is 1.44. The number of azo groups is 1. The molecule has 6 nitrogen and oxygen atoms in total. The predicted octanol–water partition coefficient (Wildman–Crippen LogP) is 3.88. The van der Waals surface area contributed by atoms with Crippen LogP contribution in [-0.4, -0.2) is 12.1 Å². The molecule has 1 heterocycles. The quantitative estimate of drug-likeness (QED) is 0.566. The molecule has 0 atom stereocenters. The summed E-state index contributed by atoms with van der Waals surface area (Å²) in [6, 6.07) is 10.8. The number of nitrogens with two attached hydrogens (primary N) is 2. The molecule has 0 saturated heterocycles. The van der Waals surface area contributed by atoms with E-state index in [0.29, 0.717) is 22.2 Å². The van der Waals surface area contributed by atoms with Crippen LogP contribution in [0.5, 0.6) is 5.75 Å². The van der Waals surface area contributed by atoms with Crippen LogP contribution in [0.15, 0.2) is 46.6 Å². The Balaban J connectivity index is 1.92. The summed E-state index contributed by atoms with van der Waals surface area (Å²) in [4.78, 5) is 4.39. The minimum Gasteiger partial charge on any atom is -0.497 e. The first-order valence-corrected chi connectivity index (χ1v) is 6.98. The lowest BCUT2D eigenvalue weighted by atomic mass is 10.2. The highest BCUT2D eigenvalue weighted by Gasteiger charge is 2.05. The topological polar surface area (TPSA) is 98.9 Å². The third kappa shape index (κ3) is 2.77. The molecule has 2 aromatic carbocycles. The molecule has 0 saturated carbocycles. The van der Waals surface area contributed by atoms with Gasteiger partial charge in [0.05, 0.1) is 23.0 Å². The Hall–Kier alpha value is -2.67. The Morgan fingerprint density at radius 3 is 2.71 bits per heavy atom. The van der Waals surface area contributed by atoms with Crippen molar-refractivity contribution in [1.82, 2.24) is 4.98 Å². The van der Waals surface area contributed by atoms with E-state index in [1.54, 1.807) is 25.3 Å². The normalized spacial score (nSPS) is 11.3. The van der Waals surface area contributed by atoms with Crippen LogP contribution in [0.25, 0.3) is 10.2 Å². The molecule has 0 aliphatic rings. The number of rotatable bonds is 3. The molecule has 0 spiro atoms. The SMILES string of the molecule is COc1ccc2nc(N=Nc3ccc(N)cc3N)sc2c1. The fraction of sp³-hybridized carbons (Fsp3) is 0.0714. The zero-order valence-electron chi connectivity index (χ0n) is 11.3. The number of nitrogen functional groups attached to an aromatic ring is 2. The van der Waals surface area contributed by atoms with Crippen LogP contribution in [0.2, 0.25) is 0 Å². The summed E-state index contributed by atoms with van der Waals surface area (Å²) in [7, 11) is 1.63. The van der Waals surface area contributed by atoms with Crippen molar-refractivity contribution in [3.8, 4) is 5.75 Å². The van der Waals surface area contributed by atoms with Crippen molar-refractivity contribution in [2.24, 2.45) is 10.2 Å². The number of methoxy groups -OCH3 is 1. The maximum absolute atomic E-state index is 5.83. The molecule has 0 bridgehead atoms. The fourth-order valence-corrected chi connectivity index (χ4v) is 2.64. The van der Waals surface area contributed by atoms with Crippen LogP contribution >= 0.6 is 11.3 Å². The molecule has 0 aliphatic carbocycles. The van der Waals surface area contributed by atoms with Crippen LogP contribution in [-0.2, 0) is 0 Å². The van der Waals surface area contributed by atoms with Crippen LogP contribution in [0.1, 0.15) is 0 Å². The number of anilines is 2. The maximum Gasteiger partial charge on any atom is 0.231 e. The molecular weight excluding hydrogens is 286 g/mol. The minimum atomic E-state index is 0.488. The predicted molar refractivity (Wildman–Crippen MR) is 85.6 cm³/mol. The molecule has 0 unspecified atom stereocenters. The molecule has 106 valence electrons. The second-order valence-electron chi connectivity index (χ2n) is 4.35. The van der Waals surface area contributed by atoms with Gasteiger partial charge < -0.3 is 16.2 Å². The third-order valence-corrected chi connectivity index (χ3v) is 3.78. The van der Waals surface area contributed by atoms with Gasteiger partial charge in [-0.3, -0.25) is 0 Å². The van der Waals surface area contributed by atoms with Crippen molar-refractivity contribution in [1.29, 1.82) is 0 Å². The van der Waals surface area contributed by atoms with Gasteiger partial charge in [0.25, 0.3) is 0 Å². The maximum atomic E-state index is 5.83. The van der Waals surface area contributed by atoms with Crippen LogP contribution in [0, 0.1) is 0 Å². The number of hydrogen-bond acceptors (Lipinski definition) is 7. The summed E-state index contributed by atoms with van der Waals surface area (Å²) in [5.41, 5.74) is 14.0. The molecule has 7 heteroatoms. The summed E-state index contributed by atoms with van der Waals surface area (Å²) in [6.45, 7) is 0. The smallest absolute Gasteiger partial charge is 0.231 e. The first-order chi connectivity index (χ1) is 10.2. The van der Waals surface area contributed by atoms with Gasteiger partial charge in [-0.25, -0.2) is 4.98 Å². The number of fused-ring (bicyclic) bond motifs is 1. The first kappa shape index (κ1) is 13.3. The van der Waals surface area contributed by atoms with E-state index in [2.05, 4.69) is 15.2 Å². The molecule has 21 heavy (non-hydrogen) atoms. The van der Waals surface area contributed by atoms with E-state index in [4.69, 9.17) is 16.2 Å². The third-order valence-electron chi connectivity index (χ3n) is 2.88. The van der Waals surface area contributed by atoms with Crippen LogP contribution in [0.4, 0.5) is 22.2 Å². The van der Waals surface area contributed by atoms with E-state index in [1.165, 1.54) is 11.3 Å². The number of ether oxygens (including phenoxy) is 1. The Bertz CT molecular complexity index is 827. The molecule has 3 aromatic rings. The zero-order valence-corrected chi connectivity index (χ0v) is 12.1. The van der Waals surface area contributed by atoms with Gasteiger partial charge in [0, 0.05) is 5.69 Å². The van der Waals surface area contributed by atoms with Gasteiger partial charge in [0.2, 0.25) is 5.13 Å². The highest BCUT2D eigenvalue weighted by Crippen LogP contribution is 2.32. The molecule has 3 rings (SSSR count). The van der Waals surface area contributed by atoms with Gasteiger partial charge in [-0.05, 0) is 36.4 Å². The monoisotopic (exact) mass is 299 g/mol. The molecule has 0 fully saturated rings. The highest BCUT2D eigenvalue weighted by atomic mass is 32.1. The second kappa shape index (κ2) is 5.37. The second-order valence-corrected chi connectivity index (χ2v) is 5.36. The van der Waals surface area contributed by atoms with Gasteiger partial charge in [0.1, 0.15) is 11.4 Å². The van der Waals surface area contributed by atoms with Crippen molar-refractivity contribution in [3.63, 3.8) is 0 Å². The summed E-state index contributed by atoms with van der Waals surface area (Å²) in [6.07, 6.45) is 0. The average molecular weight is 299 g/mol. The fourth-order valence-electron chi connectivity index (χ4n) is 1.82. The largest absolute Gasteiger partial charge is 0.497 e. The van der Waals surface area contributed by atoms with E-state index >= 15 is 0 Å². The van der Waals surface area contributed by atoms with Gasteiger partial charge >= 0.3 is 0 Å². The summed E-state index contributed by atoms with van der Waals surface area (Å²) in [5.74, 6) is 0.789. The Labute approximate surface area is 125 Å². The van der Waals surface area contributed by atoms with Gasteiger partial charge in [0.15, 0.2) is 0 Å². The molecule has 1 aromatic heterocycles. The van der Waals surface area contributed by atoms with Crippen molar-refractivity contribution in [3.05, 3.63) is 36.4 Å². The summed E-state index contributed by atoms with van der Waals surface area (Å²) in [5, 5.41) is 8.81. The lowest BCUT2D eigenvalue weighted by molar-refractivity contribution is 0.415. The van der Waals surface area contributed by atoms with Crippen molar-refractivity contribution in [2.75, 3.05) is 18.6 Å². The zero-order chi connectivity index (χ0) is 14.8. The van der Waals surface area contributed by atoms with Crippen molar-refractivity contribution in [2.45, 2.75) is 0 Å². The minimum absolute atomic E-state index is 0.488. The molecular formula is C14H13N5OS. The number of thiazole rings is 1. The van der Waals surface area contributed by atoms with Crippen LogP contribution in [0.3, 0.4) is 0 Å². The number of nitrogens with zero attached hydrogens (tertiary/aromatic N) is 3. The Morgan fingerprint density at radius 1 is 1.10 bits per heavy atom. The Morgan fingerprint density at radius 2 is 1.95 bits per heavy atom. The number of benzene rings is 2. The van der Waals surface area contributed by atoms with E-state index in [0.717, 1.165) is 16.0 Å². The standard InChI is InChI=1S/C14H13N5OS/c1-20-9-3-5-12-13(7-9)21-14(17-12)19-18-11-4-2-8(15)6-10(11)16/h2-7H,15-16H2,1H3. The van der Waals surface area contributed by atoms with Crippen molar-refractivity contribution >= 4 is 43.7 Å². The van der Waals surface area contributed by atoms with E-state index < -0.39 is 0 Å². The first-order valence-electron chi connectivity index (χ1n) is 6.17. The number of aromatic nitrogens is 1. The van der Waals surface area contributed by atoms with Gasteiger partial charge in [-0.15, -0.1) is 10.2 Å². The average Bonchev–Trinajstić information content (AvgIpc) is 2.88. The van der Waals surface area contributed by atoms with E-state index in [-0.39, 0.29) is 0 Å². The number of hydrogen-bond donors (Lipinski definition) is 2. The molecule has 4 N–H and O–H groups in total. The summed E-state index contributed by atoms with van der Waals surface area (Å²) < 4.78 is 6.18. The van der Waals surface area contributed by atoms with Gasteiger partial charge in [-0.2, -0.15) is 0 Å². The Kier molecular flexibility index (Phi) is 3.41. The van der Waals surface area contributed by atoms with Crippen molar-refractivity contribution < 1.29 is 4.74 Å². The lowest BCUT2D eigenvalue weighted by Crippen LogP contribution is -1.89. The molecule has 0 aliphatic heterocycles. The van der Waals surface area contributed by atoms with Crippen LogP contribution < -0.4 is 16.2 Å². The van der Waals surface area contributed by atoms with E-state index in [9.17, 15) is 0 Å². The van der Waals surface area contributed by atoms with Gasteiger partial charge in [-0.1, -0.05) is 11.3 Å². The highest BCUT2D eigenvalue weighted by molar-refractivity contribution is 7.21. The van der Waals surface area contributed by atoms with E-state index in [1.807, 2.05) is 18.2 Å². The molecule has 0 radical (unpaired) electrons. The lowest BCUT2D eigenvalue weighted by Gasteiger charge is -1.98. The molecule has 0 amide bonds.